The molecule has 6 heteroatoms. The van der Waals surface area contributed by atoms with Crippen LogP contribution in [0.5, 0.6) is 5.75 Å². The normalized spacial score (nSPS) is 18.0. The summed E-state index contributed by atoms with van der Waals surface area (Å²) in [5.74, 6) is 0.697. The van der Waals surface area contributed by atoms with Crippen molar-refractivity contribution in [3.63, 3.8) is 0 Å². The fourth-order valence-electron chi connectivity index (χ4n) is 2.82. The molecule has 3 N–H and O–H groups in total. The first kappa shape index (κ1) is 13.5. The maximum absolute atomic E-state index is 12.6. The van der Waals surface area contributed by atoms with Crippen molar-refractivity contribution >= 4 is 11.6 Å². The Kier molecular flexibility index (Phi) is 3.51. The van der Waals surface area contributed by atoms with Gasteiger partial charge in [0.1, 0.15) is 11.4 Å². The highest BCUT2D eigenvalue weighted by Crippen LogP contribution is 2.34. The number of hydrogen-bond donors (Lipinski definition) is 2. The molecule has 110 valence electrons. The second-order valence-corrected chi connectivity index (χ2v) is 5.13. The summed E-state index contributed by atoms with van der Waals surface area (Å²) in [4.78, 5) is 14.5. The van der Waals surface area contributed by atoms with Gasteiger partial charge in [-0.05, 0) is 30.5 Å². The Bertz CT molecular complexity index is 653. The number of rotatable bonds is 3. The SMILES string of the molecule is COc1cccc(C2CCCN2C(=O)c2[nH]ncc2N)c1. The first-order valence-electron chi connectivity index (χ1n) is 6.94. The number of amides is 1. The number of nitrogens with two attached hydrogens (primary N) is 1. The van der Waals surface area contributed by atoms with Crippen LogP contribution in [0, 0.1) is 0 Å². The molecular formula is C15H18N4O2. The predicted molar refractivity (Wildman–Crippen MR) is 79.0 cm³/mol. The predicted octanol–water partition coefficient (Wildman–Crippen LogP) is 1.98. The van der Waals surface area contributed by atoms with E-state index < -0.39 is 0 Å². The van der Waals surface area contributed by atoms with Crippen LogP contribution < -0.4 is 10.5 Å². The molecule has 2 aromatic rings. The van der Waals surface area contributed by atoms with Gasteiger partial charge in [-0.1, -0.05) is 12.1 Å². The van der Waals surface area contributed by atoms with E-state index in [0.717, 1.165) is 30.7 Å². The molecule has 0 radical (unpaired) electrons. The zero-order valence-electron chi connectivity index (χ0n) is 11.9. The molecule has 21 heavy (non-hydrogen) atoms. The number of hydrogen-bond acceptors (Lipinski definition) is 4. The molecule has 1 aromatic heterocycles. The van der Waals surface area contributed by atoms with Gasteiger partial charge in [0.2, 0.25) is 0 Å². The molecule has 1 aliphatic rings. The summed E-state index contributed by atoms with van der Waals surface area (Å²) in [6.07, 6.45) is 3.37. The van der Waals surface area contributed by atoms with Crippen molar-refractivity contribution in [2.24, 2.45) is 0 Å². The van der Waals surface area contributed by atoms with Crippen molar-refractivity contribution in [2.75, 3.05) is 19.4 Å². The van der Waals surface area contributed by atoms with Gasteiger partial charge in [0.25, 0.3) is 5.91 Å². The molecule has 1 fully saturated rings. The maximum atomic E-state index is 12.6. The summed E-state index contributed by atoms with van der Waals surface area (Å²) in [5, 5.41) is 6.51. The number of aromatic nitrogens is 2. The third kappa shape index (κ3) is 2.44. The summed E-state index contributed by atoms with van der Waals surface area (Å²) in [7, 11) is 1.64. The average Bonchev–Trinajstić information content (AvgIpc) is 3.15. The van der Waals surface area contributed by atoms with Crippen molar-refractivity contribution in [3.05, 3.63) is 41.7 Å². The highest BCUT2D eigenvalue weighted by Gasteiger charge is 2.32. The molecule has 1 amide bonds. The van der Waals surface area contributed by atoms with E-state index in [1.54, 1.807) is 7.11 Å². The van der Waals surface area contributed by atoms with Crippen molar-refractivity contribution in [1.82, 2.24) is 15.1 Å². The van der Waals surface area contributed by atoms with Crippen molar-refractivity contribution in [2.45, 2.75) is 18.9 Å². The number of anilines is 1. The Morgan fingerprint density at radius 3 is 3.10 bits per heavy atom. The zero-order chi connectivity index (χ0) is 14.8. The molecule has 1 aromatic carbocycles. The summed E-state index contributed by atoms with van der Waals surface area (Å²) < 4.78 is 5.26. The van der Waals surface area contributed by atoms with Crippen molar-refractivity contribution < 1.29 is 9.53 Å². The van der Waals surface area contributed by atoms with E-state index in [1.807, 2.05) is 29.2 Å². The average molecular weight is 286 g/mol. The van der Waals surface area contributed by atoms with E-state index >= 15 is 0 Å². The van der Waals surface area contributed by atoms with Gasteiger partial charge in [-0.2, -0.15) is 5.10 Å². The topological polar surface area (TPSA) is 84.2 Å². The van der Waals surface area contributed by atoms with Crippen molar-refractivity contribution in [3.8, 4) is 5.75 Å². The Morgan fingerprint density at radius 1 is 1.52 bits per heavy atom. The number of benzene rings is 1. The van der Waals surface area contributed by atoms with Gasteiger partial charge >= 0.3 is 0 Å². The maximum Gasteiger partial charge on any atom is 0.274 e. The first-order valence-corrected chi connectivity index (χ1v) is 6.94. The van der Waals surface area contributed by atoms with E-state index in [4.69, 9.17) is 10.5 Å². The Morgan fingerprint density at radius 2 is 2.38 bits per heavy atom. The largest absolute Gasteiger partial charge is 0.497 e. The molecule has 1 unspecified atom stereocenters. The monoisotopic (exact) mass is 286 g/mol. The number of likely N-dealkylation sites (tertiary alicyclic amines) is 1. The lowest BCUT2D eigenvalue weighted by Gasteiger charge is -2.25. The highest BCUT2D eigenvalue weighted by atomic mass is 16.5. The Hall–Kier alpha value is -2.50. The third-order valence-corrected chi connectivity index (χ3v) is 3.87. The van der Waals surface area contributed by atoms with Gasteiger partial charge < -0.3 is 15.4 Å². The van der Waals surface area contributed by atoms with Crippen LogP contribution in [0.15, 0.2) is 30.5 Å². The highest BCUT2D eigenvalue weighted by molar-refractivity contribution is 5.97. The lowest BCUT2D eigenvalue weighted by atomic mass is 10.0. The van der Waals surface area contributed by atoms with Crippen LogP contribution in [0.2, 0.25) is 0 Å². The molecule has 1 aliphatic heterocycles. The quantitative estimate of drug-likeness (QED) is 0.903. The van der Waals surface area contributed by atoms with Crippen LogP contribution in [0.1, 0.15) is 34.9 Å². The Balaban J connectivity index is 1.88. The van der Waals surface area contributed by atoms with Gasteiger partial charge in [-0.25, -0.2) is 0 Å². The molecule has 3 rings (SSSR count). The van der Waals surface area contributed by atoms with Gasteiger partial charge in [0, 0.05) is 6.54 Å². The number of H-pyrrole nitrogens is 1. The Labute approximate surface area is 122 Å². The van der Waals surface area contributed by atoms with Crippen LogP contribution in [0.4, 0.5) is 5.69 Å². The standard InChI is InChI=1S/C15H18N4O2/c1-21-11-5-2-4-10(8-11)13-6-3-7-19(13)15(20)14-12(16)9-17-18-14/h2,4-5,8-9,13H,3,6-7,16H2,1H3,(H,17,18). The van der Waals surface area contributed by atoms with E-state index in [2.05, 4.69) is 10.2 Å². The molecule has 0 spiro atoms. The van der Waals surface area contributed by atoms with Gasteiger partial charge in [0.05, 0.1) is 25.0 Å². The fraction of sp³-hybridized carbons (Fsp3) is 0.333. The minimum Gasteiger partial charge on any atom is -0.497 e. The number of carbonyl (C=O) groups is 1. The van der Waals surface area contributed by atoms with Crippen LogP contribution >= 0.6 is 0 Å². The summed E-state index contributed by atoms with van der Waals surface area (Å²) in [5.41, 5.74) is 7.61. The van der Waals surface area contributed by atoms with E-state index in [-0.39, 0.29) is 11.9 Å². The molecule has 1 atom stereocenters. The van der Waals surface area contributed by atoms with Gasteiger partial charge in [-0.3, -0.25) is 9.89 Å². The minimum absolute atomic E-state index is 0.0512. The number of nitrogen functional groups attached to an aromatic ring is 1. The summed E-state index contributed by atoms with van der Waals surface area (Å²) in [6.45, 7) is 0.721. The molecule has 0 bridgehead atoms. The zero-order valence-corrected chi connectivity index (χ0v) is 11.9. The van der Waals surface area contributed by atoms with Crippen LogP contribution in [-0.2, 0) is 0 Å². The second-order valence-electron chi connectivity index (χ2n) is 5.13. The lowest BCUT2D eigenvalue weighted by molar-refractivity contribution is 0.0730. The number of carbonyl (C=O) groups excluding carboxylic acids is 1. The number of methoxy groups -OCH3 is 1. The summed E-state index contributed by atoms with van der Waals surface area (Å²) in [6, 6.07) is 7.90. The van der Waals surface area contributed by atoms with E-state index in [9.17, 15) is 4.79 Å². The first-order chi connectivity index (χ1) is 10.2. The van der Waals surface area contributed by atoms with E-state index in [1.165, 1.54) is 6.20 Å². The number of nitrogens with zero attached hydrogens (tertiary/aromatic N) is 2. The molecule has 0 saturated carbocycles. The molecule has 6 nitrogen and oxygen atoms in total. The summed E-state index contributed by atoms with van der Waals surface area (Å²) >= 11 is 0. The fourth-order valence-corrected chi connectivity index (χ4v) is 2.82. The second kappa shape index (κ2) is 5.47. The van der Waals surface area contributed by atoms with Crippen LogP contribution in [0.3, 0.4) is 0 Å². The smallest absolute Gasteiger partial charge is 0.274 e. The molecule has 2 heterocycles. The van der Waals surface area contributed by atoms with Gasteiger partial charge in [-0.15, -0.1) is 0 Å². The lowest BCUT2D eigenvalue weighted by Crippen LogP contribution is -2.31. The number of nitrogens with one attached hydrogen (secondary N) is 1. The van der Waals surface area contributed by atoms with Gasteiger partial charge in [0.15, 0.2) is 0 Å². The molecule has 0 aliphatic carbocycles. The number of ether oxygens (including phenoxy) is 1. The number of aromatic amines is 1. The molecule has 1 saturated heterocycles. The van der Waals surface area contributed by atoms with Crippen molar-refractivity contribution in [1.29, 1.82) is 0 Å². The van der Waals surface area contributed by atoms with Crippen LogP contribution in [-0.4, -0.2) is 34.7 Å². The minimum atomic E-state index is -0.102. The molecular weight excluding hydrogens is 268 g/mol. The third-order valence-electron chi connectivity index (χ3n) is 3.87. The van der Waals surface area contributed by atoms with Crippen LogP contribution in [0.25, 0.3) is 0 Å². The van der Waals surface area contributed by atoms with E-state index in [0.29, 0.717) is 11.4 Å².